The van der Waals surface area contributed by atoms with Gasteiger partial charge in [0.2, 0.25) is 0 Å². The zero-order chi connectivity index (χ0) is 15.2. The van der Waals surface area contributed by atoms with Crippen LogP contribution >= 0.6 is 11.6 Å². The van der Waals surface area contributed by atoms with Crippen molar-refractivity contribution in [1.29, 1.82) is 0 Å². The molecule has 1 aromatic heterocycles. The van der Waals surface area contributed by atoms with Gasteiger partial charge in [-0.2, -0.15) is 0 Å². The van der Waals surface area contributed by atoms with Crippen molar-refractivity contribution >= 4 is 23.3 Å². The monoisotopic (exact) mass is 306 g/mol. The largest absolute Gasteiger partial charge is 0.478 e. The molecule has 5 nitrogen and oxygen atoms in total. The summed E-state index contributed by atoms with van der Waals surface area (Å²) in [5, 5.41) is 12.5. The lowest BCUT2D eigenvalue weighted by molar-refractivity contribution is 0.0696. The molecule has 0 bridgehead atoms. The van der Waals surface area contributed by atoms with E-state index in [1.54, 1.807) is 18.5 Å². The number of aromatic carboxylic acids is 1. The molecule has 2 rings (SSSR count). The van der Waals surface area contributed by atoms with Crippen LogP contribution in [0, 0.1) is 0 Å². The van der Waals surface area contributed by atoms with Gasteiger partial charge in [0.05, 0.1) is 5.56 Å². The Morgan fingerprint density at radius 2 is 2.10 bits per heavy atom. The number of hydrogen-bond donors (Lipinski definition) is 2. The van der Waals surface area contributed by atoms with Crippen LogP contribution in [0.2, 0.25) is 5.02 Å². The van der Waals surface area contributed by atoms with Crippen LogP contribution in [0.4, 0.5) is 5.69 Å². The predicted octanol–water partition coefficient (Wildman–Crippen LogP) is 3.66. The molecular formula is C15H15ClN2O3. The number of carboxylic acid groups (broad SMARTS) is 1. The highest BCUT2D eigenvalue weighted by atomic mass is 35.5. The number of ether oxygens (including phenoxy) is 1. The number of aromatic nitrogens is 1. The summed E-state index contributed by atoms with van der Waals surface area (Å²) >= 11 is 5.91. The average molecular weight is 307 g/mol. The Bertz CT molecular complexity index is 620. The quantitative estimate of drug-likeness (QED) is 0.797. The second kappa shape index (κ2) is 6.95. The standard InChI is InChI=1S/C15H15ClN2O3/c1-2-14(18-12-3-5-17-6-4-12)21-13-8-10(15(19)20)7-11(16)9-13/h3-9,14H,2H2,1H3,(H,17,18)(H,19,20). The van der Waals surface area contributed by atoms with Crippen LogP contribution in [-0.4, -0.2) is 22.3 Å². The summed E-state index contributed by atoms with van der Waals surface area (Å²) in [5.74, 6) is -0.634. The van der Waals surface area contributed by atoms with E-state index in [-0.39, 0.29) is 11.8 Å². The second-order valence-electron chi connectivity index (χ2n) is 4.38. The number of pyridine rings is 1. The topological polar surface area (TPSA) is 71.5 Å². The van der Waals surface area contributed by atoms with Crippen molar-refractivity contribution in [2.24, 2.45) is 0 Å². The molecule has 0 aliphatic rings. The van der Waals surface area contributed by atoms with Crippen molar-refractivity contribution in [3.8, 4) is 5.75 Å². The van der Waals surface area contributed by atoms with Gasteiger partial charge in [0, 0.05) is 29.5 Å². The van der Waals surface area contributed by atoms with E-state index >= 15 is 0 Å². The molecule has 0 radical (unpaired) electrons. The molecule has 2 N–H and O–H groups in total. The molecule has 1 heterocycles. The number of halogens is 1. The third-order valence-electron chi connectivity index (χ3n) is 2.78. The van der Waals surface area contributed by atoms with Crippen molar-refractivity contribution in [3.05, 3.63) is 53.3 Å². The van der Waals surface area contributed by atoms with Crippen molar-refractivity contribution in [3.63, 3.8) is 0 Å². The number of nitrogens with zero attached hydrogens (tertiary/aromatic N) is 1. The van der Waals surface area contributed by atoms with Crippen LogP contribution in [-0.2, 0) is 0 Å². The fraction of sp³-hybridized carbons (Fsp3) is 0.200. The minimum absolute atomic E-state index is 0.0938. The van der Waals surface area contributed by atoms with Gasteiger partial charge in [-0.05, 0) is 30.3 Å². The second-order valence-corrected chi connectivity index (χ2v) is 4.81. The molecule has 6 heteroatoms. The van der Waals surface area contributed by atoms with E-state index in [2.05, 4.69) is 10.3 Å². The molecule has 0 saturated carbocycles. The van der Waals surface area contributed by atoms with E-state index in [9.17, 15) is 4.79 Å². The molecule has 1 aromatic carbocycles. The van der Waals surface area contributed by atoms with Gasteiger partial charge in [-0.1, -0.05) is 18.5 Å². The highest BCUT2D eigenvalue weighted by molar-refractivity contribution is 6.31. The Kier molecular flexibility index (Phi) is 5.00. The van der Waals surface area contributed by atoms with Crippen LogP contribution in [0.15, 0.2) is 42.7 Å². The SMILES string of the molecule is CCC(Nc1ccncc1)Oc1cc(Cl)cc(C(=O)O)c1. The molecular weight excluding hydrogens is 292 g/mol. The van der Waals surface area contributed by atoms with Crippen LogP contribution in [0.25, 0.3) is 0 Å². The molecule has 0 aliphatic carbocycles. The molecule has 21 heavy (non-hydrogen) atoms. The van der Waals surface area contributed by atoms with E-state index < -0.39 is 5.97 Å². The first kappa shape index (κ1) is 15.1. The van der Waals surface area contributed by atoms with Gasteiger partial charge in [-0.25, -0.2) is 4.79 Å². The van der Waals surface area contributed by atoms with Gasteiger partial charge in [0.25, 0.3) is 0 Å². The molecule has 0 aliphatic heterocycles. The summed E-state index contributed by atoms with van der Waals surface area (Å²) < 4.78 is 5.76. The highest BCUT2D eigenvalue weighted by Crippen LogP contribution is 2.23. The van der Waals surface area contributed by atoms with E-state index in [1.165, 1.54) is 12.1 Å². The van der Waals surface area contributed by atoms with Crippen LogP contribution < -0.4 is 10.1 Å². The van der Waals surface area contributed by atoms with Crippen LogP contribution in [0.1, 0.15) is 23.7 Å². The molecule has 0 spiro atoms. The maximum absolute atomic E-state index is 11.0. The normalized spacial score (nSPS) is 11.7. The predicted molar refractivity (Wildman–Crippen MR) is 81.0 cm³/mol. The molecule has 0 amide bonds. The number of hydrogen-bond acceptors (Lipinski definition) is 4. The van der Waals surface area contributed by atoms with E-state index in [4.69, 9.17) is 21.4 Å². The van der Waals surface area contributed by atoms with Gasteiger partial charge in [0.15, 0.2) is 6.23 Å². The molecule has 110 valence electrons. The zero-order valence-corrected chi connectivity index (χ0v) is 12.2. The number of rotatable bonds is 6. The Balaban J connectivity index is 2.13. The number of anilines is 1. The van der Waals surface area contributed by atoms with Crippen LogP contribution in [0.5, 0.6) is 5.75 Å². The zero-order valence-electron chi connectivity index (χ0n) is 11.4. The first-order valence-electron chi connectivity index (χ1n) is 6.45. The van der Waals surface area contributed by atoms with Crippen LogP contribution in [0.3, 0.4) is 0 Å². The van der Waals surface area contributed by atoms with E-state index in [0.29, 0.717) is 17.2 Å². The van der Waals surface area contributed by atoms with E-state index in [1.807, 2.05) is 19.1 Å². The minimum atomic E-state index is -1.04. The first-order valence-corrected chi connectivity index (χ1v) is 6.83. The number of carbonyl (C=O) groups is 1. The maximum atomic E-state index is 11.0. The Labute approximate surface area is 127 Å². The lowest BCUT2D eigenvalue weighted by Crippen LogP contribution is -2.25. The third kappa shape index (κ3) is 4.36. The number of benzene rings is 1. The summed E-state index contributed by atoms with van der Waals surface area (Å²) in [6.45, 7) is 1.96. The summed E-state index contributed by atoms with van der Waals surface area (Å²) in [4.78, 5) is 15.0. The van der Waals surface area contributed by atoms with Crippen molar-refractivity contribution in [2.45, 2.75) is 19.6 Å². The summed E-state index contributed by atoms with van der Waals surface area (Å²) in [7, 11) is 0. The van der Waals surface area contributed by atoms with Crippen molar-refractivity contribution in [2.75, 3.05) is 5.32 Å². The number of carboxylic acids is 1. The Hall–Kier alpha value is -2.27. The van der Waals surface area contributed by atoms with Gasteiger partial charge >= 0.3 is 5.97 Å². The van der Waals surface area contributed by atoms with Gasteiger partial charge < -0.3 is 15.2 Å². The van der Waals surface area contributed by atoms with Gasteiger partial charge in [-0.15, -0.1) is 0 Å². The van der Waals surface area contributed by atoms with Crippen molar-refractivity contribution in [1.82, 2.24) is 4.98 Å². The smallest absolute Gasteiger partial charge is 0.335 e. The third-order valence-corrected chi connectivity index (χ3v) is 2.99. The van der Waals surface area contributed by atoms with Gasteiger partial charge in [-0.3, -0.25) is 4.98 Å². The summed E-state index contributed by atoms with van der Waals surface area (Å²) in [6, 6.07) is 8.07. The molecule has 0 saturated heterocycles. The Morgan fingerprint density at radius 1 is 1.38 bits per heavy atom. The molecule has 2 aromatic rings. The molecule has 1 atom stereocenters. The highest BCUT2D eigenvalue weighted by Gasteiger charge is 2.11. The lowest BCUT2D eigenvalue weighted by Gasteiger charge is -2.20. The lowest BCUT2D eigenvalue weighted by atomic mass is 10.2. The maximum Gasteiger partial charge on any atom is 0.335 e. The summed E-state index contributed by atoms with van der Waals surface area (Å²) in [6.07, 6.45) is 3.75. The fourth-order valence-electron chi connectivity index (χ4n) is 1.77. The van der Waals surface area contributed by atoms with Gasteiger partial charge in [0.1, 0.15) is 5.75 Å². The molecule has 1 unspecified atom stereocenters. The fourth-order valence-corrected chi connectivity index (χ4v) is 1.99. The van der Waals surface area contributed by atoms with Crippen molar-refractivity contribution < 1.29 is 14.6 Å². The number of nitrogens with one attached hydrogen (secondary N) is 1. The minimum Gasteiger partial charge on any atom is -0.478 e. The first-order chi connectivity index (χ1) is 10.1. The average Bonchev–Trinajstić information content (AvgIpc) is 2.47. The van der Waals surface area contributed by atoms with E-state index in [0.717, 1.165) is 5.69 Å². The Morgan fingerprint density at radius 3 is 2.71 bits per heavy atom. The molecule has 0 fully saturated rings. The summed E-state index contributed by atoms with van der Waals surface area (Å²) in [5.41, 5.74) is 0.966.